The number of rotatable bonds is 5. The molecule has 0 amide bonds. The second kappa shape index (κ2) is 9.67. The lowest BCUT2D eigenvalue weighted by Gasteiger charge is -2.49. The molecule has 0 aromatic heterocycles. The van der Waals surface area contributed by atoms with Crippen molar-refractivity contribution in [3.05, 3.63) is 47.5 Å². The van der Waals surface area contributed by atoms with Crippen LogP contribution in [0.5, 0.6) is 11.5 Å². The van der Waals surface area contributed by atoms with Gasteiger partial charge in [0.1, 0.15) is 18.2 Å². The standard InChI is InChI=1S/C32H42FNO2/c1-21-12-16-34(17-13-21)31(20-33)36-24-8-5-22(6-9-24)28-19-27-23(18-30(28)35)7-10-26-25(27)11-15-32(2)14-3-4-29(26)32/h5-6,8-9,18-19,21,25-26,29,31,35H,3-4,7,10-17,20H2,1-2H3/t25-,26+,29-,31?,32-/m0/s1. The number of alkyl halides is 1. The molecule has 0 radical (unpaired) electrons. The summed E-state index contributed by atoms with van der Waals surface area (Å²) in [6.07, 6.45) is 10.8. The average molecular weight is 492 g/mol. The summed E-state index contributed by atoms with van der Waals surface area (Å²) in [5, 5.41) is 11.0. The number of hydrogen-bond acceptors (Lipinski definition) is 3. The highest BCUT2D eigenvalue weighted by atomic mass is 19.1. The van der Waals surface area contributed by atoms with Crippen LogP contribution in [0.25, 0.3) is 11.1 Å². The predicted octanol–water partition coefficient (Wildman–Crippen LogP) is 7.71. The third-order valence-electron chi connectivity index (χ3n) is 10.4. The Morgan fingerprint density at radius 3 is 2.58 bits per heavy atom. The van der Waals surface area contributed by atoms with Gasteiger partial charge in [0.15, 0.2) is 6.23 Å². The maximum atomic E-state index is 13.8. The van der Waals surface area contributed by atoms with Gasteiger partial charge in [-0.25, -0.2) is 4.39 Å². The number of phenols is 1. The van der Waals surface area contributed by atoms with Gasteiger partial charge in [0.2, 0.25) is 0 Å². The first-order valence-electron chi connectivity index (χ1n) is 14.4. The molecule has 1 heterocycles. The first kappa shape index (κ1) is 24.3. The molecule has 1 unspecified atom stereocenters. The lowest BCUT2D eigenvalue weighted by molar-refractivity contribution is -0.0114. The van der Waals surface area contributed by atoms with E-state index in [0.29, 0.717) is 28.7 Å². The van der Waals surface area contributed by atoms with Crippen molar-refractivity contribution in [2.24, 2.45) is 23.2 Å². The Morgan fingerprint density at radius 2 is 1.83 bits per heavy atom. The fraction of sp³-hybridized carbons (Fsp3) is 0.625. The van der Waals surface area contributed by atoms with E-state index in [9.17, 15) is 9.50 Å². The third kappa shape index (κ3) is 4.34. The van der Waals surface area contributed by atoms with Gasteiger partial charge in [-0.2, -0.15) is 0 Å². The molecule has 1 N–H and O–H groups in total. The maximum absolute atomic E-state index is 13.8. The number of aryl methyl sites for hydroxylation is 1. The number of halogens is 1. The van der Waals surface area contributed by atoms with Crippen molar-refractivity contribution in [2.75, 3.05) is 19.8 Å². The van der Waals surface area contributed by atoms with Gasteiger partial charge in [0.05, 0.1) is 0 Å². The van der Waals surface area contributed by atoms with Gasteiger partial charge in [0, 0.05) is 18.7 Å². The molecule has 5 atom stereocenters. The van der Waals surface area contributed by atoms with Gasteiger partial charge in [0.25, 0.3) is 0 Å². The summed E-state index contributed by atoms with van der Waals surface area (Å²) in [5.74, 6) is 4.05. The minimum atomic E-state index is -0.523. The molecule has 3 nitrogen and oxygen atoms in total. The second-order valence-electron chi connectivity index (χ2n) is 12.5. The van der Waals surface area contributed by atoms with Crippen LogP contribution in [-0.4, -0.2) is 36.0 Å². The fourth-order valence-electron chi connectivity index (χ4n) is 8.22. The van der Waals surface area contributed by atoms with Crippen molar-refractivity contribution in [1.29, 1.82) is 0 Å². The number of hydrogen-bond donors (Lipinski definition) is 1. The van der Waals surface area contributed by atoms with Gasteiger partial charge in [-0.1, -0.05) is 32.4 Å². The molecule has 2 aromatic carbocycles. The van der Waals surface area contributed by atoms with Crippen LogP contribution in [0.4, 0.5) is 4.39 Å². The highest BCUT2D eigenvalue weighted by molar-refractivity contribution is 5.72. The number of benzene rings is 2. The van der Waals surface area contributed by atoms with Crippen LogP contribution in [0.3, 0.4) is 0 Å². The molecule has 2 aromatic rings. The van der Waals surface area contributed by atoms with Crippen LogP contribution >= 0.6 is 0 Å². The molecule has 194 valence electrons. The van der Waals surface area contributed by atoms with E-state index in [4.69, 9.17) is 4.74 Å². The Hall–Kier alpha value is -2.07. The van der Waals surface area contributed by atoms with Crippen LogP contribution in [0.2, 0.25) is 0 Å². The molecule has 0 spiro atoms. The quantitative estimate of drug-likeness (QED) is 0.465. The molecule has 1 saturated heterocycles. The first-order valence-corrected chi connectivity index (χ1v) is 14.4. The number of nitrogens with zero attached hydrogens (tertiary/aromatic N) is 1. The zero-order chi connectivity index (χ0) is 24.9. The Morgan fingerprint density at radius 1 is 1.06 bits per heavy atom. The maximum Gasteiger partial charge on any atom is 0.181 e. The van der Waals surface area contributed by atoms with E-state index < -0.39 is 12.9 Å². The van der Waals surface area contributed by atoms with E-state index in [1.165, 1.54) is 49.7 Å². The van der Waals surface area contributed by atoms with Crippen LogP contribution in [0.1, 0.15) is 82.3 Å². The summed E-state index contributed by atoms with van der Waals surface area (Å²) in [4.78, 5) is 2.12. The minimum absolute atomic E-state index is 0.367. The van der Waals surface area contributed by atoms with Gasteiger partial charge in [-0.3, -0.25) is 4.90 Å². The number of piperidine rings is 1. The van der Waals surface area contributed by atoms with E-state index in [-0.39, 0.29) is 0 Å². The Bertz CT molecular complexity index is 1080. The van der Waals surface area contributed by atoms with Gasteiger partial charge in [-0.15, -0.1) is 0 Å². The van der Waals surface area contributed by atoms with E-state index >= 15 is 0 Å². The normalized spacial score (nSPS) is 31.4. The largest absolute Gasteiger partial charge is 0.507 e. The summed E-state index contributed by atoms with van der Waals surface area (Å²) < 4.78 is 19.9. The molecule has 1 aliphatic heterocycles. The van der Waals surface area contributed by atoms with Gasteiger partial charge in [-0.05, 0) is 121 Å². The fourth-order valence-corrected chi connectivity index (χ4v) is 8.22. The van der Waals surface area contributed by atoms with E-state index in [1.54, 1.807) is 0 Å². The molecule has 3 aliphatic carbocycles. The van der Waals surface area contributed by atoms with Crippen molar-refractivity contribution >= 4 is 0 Å². The monoisotopic (exact) mass is 491 g/mol. The highest BCUT2D eigenvalue weighted by Crippen LogP contribution is 2.61. The van der Waals surface area contributed by atoms with Crippen LogP contribution < -0.4 is 4.74 Å². The van der Waals surface area contributed by atoms with E-state index in [1.807, 2.05) is 30.3 Å². The highest BCUT2D eigenvalue weighted by Gasteiger charge is 2.50. The summed E-state index contributed by atoms with van der Waals surface area (Å²) in [6.45, 7) is 6.07. The smallest absolute Gasteiger partial charge is 0.181 e. The molecule has 0 bridgehead atoms. The molecule has 36 heavy (non-hydrogen) atoms. The van der Waals surface area contributed by atoms with Crippen molar-refractivity contribution in [3.8, 4) is 22.6 Å². The van der Waals surface area contributed by atoms with Gasteiger partial charge < -0.3 is 9.84 Å². The second-order valence-corrected chi connectivity index (χ2v) is 12.5. The van der Waals surface area contributed by atoms with E-state index in [0.717, 1.165) is 55.3 Å². The van der Waals surface area contributed by atoms with Crippen molar-refractivity contribution < 1.29 is 14.2 Å². The molecule has 2 saturated carbocycles. The van der Waals surface area contributed by atoms with Crippen LogP contribution in [0.15, 0.2) is 36.4 Å². The van der Waals surface area contributed by atoms with Crippen molar-refractivity contribution in [2.45, 2.75) is 83.8 Å². The summed E-state index contributed by atoms with van der Waals surface area (Å²) in [6, 6.07) is 12.2. The Kier molecular flexibility index (Phi) is 6.52. The molecular weight excluding hydrogens is 449 g/mol. The number of aromatic hydroxyl groups is 1. The zero-order valence-corrected chi connectivity index (χ0v) is 22.0. The number of likely N-dealkylation sites (tertiary alicyclic amines) is 1. The summed E-state index contributed by atoms with van der Waals surface area (Å²) in [7, 11) is 0. The summed E-state index contributed by atoms with van der Waals surface area (Å²) in [5.41, 5.74) is 5.28. The number of fused-ring (bicyclic) bond motifs is 5. The molecule has 3 fully saturated rings. The number of ether oxygens (including phenoxy) is 1. The van der Waals surface area contributed by atoms with Gasteiger partial charge >= 0.3 is 0 Å². The van der Waals surface area contributed by atoms with E-state index in [2.05, 4.69) is 24.8 Å². The lowest BCUT2D eigenvalue weighted by atomic mass is 9.56. The summed E-state index contributed by atoms with van der Waals surface area (Å²) >= 11 is 0. The predicted molar refractivity (Wildman–Crippen MR) is 143 cm³/mol. The molecule has 4 aliphatic rings. The Labute approximate surface area is 216 Å². The average Bonchev–Trinajstić information content (AvgIpc) is 3.29. The Balaban J connectivity index is 1.21. The van der Waals surface area contributed by atoms with Crippen LogP contribution in [0, 0.1) is 23.2 Å². The molecule has 6 rings (SSSR count). The SMILES string of the molecule is CC1CCN(C(CF)Oc2ccc(-c3cc4c(cc3O)CC[C@@H]3[C@@H]4CC[C@]4(C)CCC[C@@H]34)cc2)CC1. The zero-order valence-electron chi connectivity index (χ0n) is 22.0. The molecular formula is C32H42FNO2. The molecule has 4 heteroatoms. The third-order valence-corrected chi connectivity index (χ3v) is 10.4. The van der Waals surface area contributed by atoms with Crippen molar-refractivity contribution in [1.82, 2.24) is 4.90 Å². The first-order chi connectivity index (χ1) is 17.4. The number of phenolic OH excluding ortho intramolecular Hbond substituents is 1. The van der Waals surface area contributed by atoms with Crippen LogP contribution in [-0.2, 0) is 6.42 Å². The van der Waals surface area contributed by atoms with Crippen molar-refractivity contribution in [3.63, 3.8) is 0 Å². The minimum Gasteiger partial charge on any atom is -0.507 e. The lowest BCUT2D eigenvalue weighted by Crippen LogP contribution is -2.45. The topological polar surface area (TPSA) is 32.7 Å².